The predicted molar refractivity (Wildman–Crippen MR) is 160 cm³/mol. The van der Waals surface area contributed by atoms with Crippen molar-refractivity contribution >= 4 is 38.4 Å². The van der Waals surface area contributed by atoms with E-state index in [-0.39, 0.29) is 28.3 Å². The number of carbonyl (C=O) groups is 2. The van der Waals surface area contributed by atoms with Crippen molar-refractivity contribution in [3.8, 4) is 11.3 Å². The van der Waals surface area contributed by atoms with Crippen molar-refractivity contribution < 1.29 is 31.2 Å². The number of hydrogen-bond acceptors (Lipinski definition) is 7. The van der Waals surface area contributed by atoms with Gasteiger partial charge in [-0.15, -0.1) is 0 Å². The van der Waals surface area contributed by atoms with Gasteiger partial charge in [0.25, 0.3) is 5.91 Å². The van der Waals surface area contributed by atoms with E-state index < -0.39 is 45.7 Å². The van der Waals surface area contributed by atoms with Crippen LogP contribution in [0.1, 0.15) is 52.8 Å². The molecule has 4 aromatic rings. The Kier molecular flexibility index (Phi) is 8.37. The Labute approximate surface area is 248 Å². The quantitative estimate of drug-likeness (QED) is 0.266. The first kappa shape index (κ1) is 30.3. The molecule has 0 saturated carbocycles. The van der Waals surface area contributed by atoms with Crippen molar-refractivity contribution in [3.63, 3.8) is 0 Å². The molecule has 1 amide bonds. The SMILES string of the molecule is CNC(=O)c1c(-c2ccc(F)cc2)oc2cc(N(C)S(C)(=O)=O)c([C@H]3CCCC(C(=O)[C@H](N)c4ccccc4F)N3)cc12. The summed E-state index contributed by atoms with van der Waals surface area (Å²) in [6, 6.07) is 12.1. The van der Waals surface area contributed by atoms with Crippen LogP contribution >= 0.6 is 0 Å². The van der Waals surface area contributed by atoms with Gasteiger partial charge in [-0.05, 0) is 61.2 Å². The minimum absolute atomic E-state index is 0.0947. The van der Waals surface area contributed by atoms with Gasteiger partial charge in [0.15, 0.2) is 5.78 Å². The third-order valence-electron chi connectivity index (χ3n) is 7.89. The van der Waals surface area contributed by atoms with Crippen LogP contribution in [0.25, 0.3) is 22.3 Å². The fraction of sp³-hybridized carbons (Fsp3) is 0.290. The van der Waals surface area contributed by atoms with Gasteiger partial charge >= 0.3 is 0 Å². The van der Waals surface area contributed by atoms with Crippen LogP contribution in [0, 0.1) is 11.6 Å². The molecule has 12 heteroatoms. The molecule has 226 valence electrons. The average molecular weight is 611 g/mol. The standard InChI is InChI=1S/C31H32F2N4O5S/c1-35-31(39)27-21-15-20(23-9-6-10-24(36-23)29(38)28(34)19-7-4-5-8-22(19)33)25(37(2)43(3,40)41)16-26(21)42-30(27)17-11-13-18(32)14-12-17/h4-5,7-8,11-16,23-24,28,36H,6,9-10,34H2,1-3H3,(H,35,39)/t23-,24?,28-/m1/s1. The number of rotatable bonds is 8. The number of sulfonamides is 1. The van der Waals surface area contributed by atoms with Gasteiger partial charge in [-0.3, -0.25) is 13.9 Å². The molecule has 9 nitrogen and oxygen atoms in total. The van der Waals surface area contributed by atoms with Crippen molar-refractivity contribution in [1.82, 2.24) is 10.6 Å². The van der Waals surface area contributed by atoms with Crippen molar-refractivity contribution in [2.24, 2.45) is 5.73 Å². The first-order valence-electron chi connectivity index (χ1n) is 13.7. The number of hydrogen-bond donors (Lipinski definition) is 3. The lowest BCUT2D eigenvalue weighted by Gasteiger charge is -2.34. The Morgan fingerprint density at radius 2 is 1.79 bits per heavy atom. The third kappa shape index (κ3) is 5.90. The number of halogens is 2. The van der Waals surface area contributed by atoms with Crippen LogP contribution in [0.15, 0.2) is 65.1 Å². The molecule has 2 heterocycles. The highest BCUT2D eigenvalue weighted by molar-refractivity contribution is 7.92. The highest BCUT2D eigenvalue weighted by Crippen LogP contribution is 2.41. The number of nitrogens with zero attached hydrogens (tertiary/aromatic N) is 1. The van der Waals surface area contributed by atoms with Gasteiger partial charge in [-0.25, -0.2) is 17.2 Å². The summed E-state index contributed by atoms with van der Waals surface area (Å²) in [5.74, 6) is -1.67. The van der Waals surface area contributed by atoms with Crippen molar-refractivity contribution in [3.05, 3.63) is 89.0 Å². The molecule has 1 fully saturated rings. The smallest absolute Gasteiger partial charge is 0.255 e. The molecule has 5 rings (SSSR count). The third-order valence-corrected chi connectivity index (χ3v) is 9.08. The minimum Gasteiger partial charge on any atom is -0.455 e. The highest BCUT2D eigenvalue weighted by Gasteiger charge is 2.34. The maximum Gasteiger partial charge on any atom is 0.255 e. The molecular weight excluding hydrogens is 578 g/mol. The van der Waals surface area contributed by atoms with Crippen molar-refractivity contribution in [2.45, 2.75) is 37.4 Å². The van der Waals surface area contributed by atoms with Crippen LogP contribution < -0.4 is 20.7 Å². The van der Waals surface area contributed by atoms with E-state index in [9.17, 15) is 26.8 Å². The van der Waals surface area contributed by atoms with E-state index in [1.807, 2.05) is 0 Å². The average Bonchev–Trinajstić information content (AvgIpc) is 3.37. The summed E-state index contributed by atoms with van der Waals surface area (Å²) in [5, 5.41) is 6.34. The number of carbonyl (C=O) groups excluding carboxylic acids is 2. The molecule has 3 atom stereocenters. The molecule has 1 aliphatic heterocycles. The number of anilines is 1. The number of fused-ring (bicyclic) bond motifs is 1. The molecule has 0 spiro atoms. The van der Waals surface area contributed by atoms with Crippen molar-refractivity contribution in [2.75, 3.05) is 24.7 Å². The number of piperidine rings is 1. The molecular formula is C31H32F2N4O5S. The molecule has 3 aromatic carbocycles. The van der Waals surface area contributed by atoms with Crippen LogP contribution in [0.3, 0.4) is 0 Å². The van der Waals surface area contributed by atoms with Crippen LogP contribution in [-0.2, 0) is 14.8 Å². The fourth-order valence-electron chi connectivity index (χ4n) is 5.54. The molecule has 1 unspecified atom stereocenters. The zero-order valence-corrected chi connectivity index (χ0v) is 24.7. The van der Waals surface area contributed by atoms with Gasteiger partial charge in [0.1, 0.15) is 23.0 Å². The van der Waals surface area contributed by atoms with E-state index in [0.29, 0.717) is 41.5 Å². The Morgan fingerprint density at radius 3 is 2.44 bits per heavy atom. The Balaban J connectivity index is 1.62. The maximum atomic E-state index is 14.4. The zero-order chi connectivity index (χ0) is 31.1. The molecule has 43 heavy (non-hydrogen) atoms. The number of nitrogens with one attached hydrogen (secondary N) is 2. The number of Topliss-reactive ketones (excluding diaryl/α,β-unsaturated/α-hetero) is 1. The molecule has 1 aromatic heterocycles. The lowest BCUT2D eigenvalue weighted by Crippen LogP contribution is -2.46. The molecule has 1 saturated heterocycles. The van der Waals surface area contributed by atoms with E-state index in [2.05, 4.69) is 10.6 Å². The first-order chi connectivity index (χ1) is 20.4. The lowest BCUT2D eigenvalue weighted by atomic mass is 9.87. The molecule has 0 radical (unpaired) electrons. The zero-order valence-electron chi connectivity index (χ0n) is 23.9. The Morgan fingerprint density at radius 1 is 1.09 bits per heavy atom. The van der Waals surface area contributed by atoms with Gasteiger partial charge in [-0.1, -0.05) is 18.2 Å². The number of nitrogens with two attached hydrogens (primary N) is 1. The maximum absolute atomic E-state index is 14.4. The number of benzene rings is 3. The summed E-state index contributed by atoms with van der Waals surface area (Å²) in [4.78, 5) is 26.6. The summed E-state index contributed by atoms with van der Waals surface area (Å²) in [6.45, 7) is 0. The molecule has 0 bridgehead atoms. The highest BCUT2D eigenvalue weighted by atomic mass is 32.2. The largest absolute Gasteiger partial charge is 0.455 e. The monoisotopic (exact) mass is 610 g/mol. The van der Waals surface area contributed by atoms with E-state index in [1.54, 1.807) is 18.2 Å². The normalized spacial score (nSPS) is 17.9. The van der Waals surface area contributed by atoms with Gasteiger partial charge in [0.05, 0.1) is 29.6 Å². The van der Waals surface area contributed by atoms with Crippen LogP contribution in [-0.4, -0.2) is 46.5 Å². The fourth-order valence-corrected chi connectivity index (χ4v) is 6.05. The Bertz CT molecular complexity index is 1810. The van der Waals surface area contributed by atoms with E-state index >= 15 is 0 Å². The van der Waals surface area contributed by atoms with Gasteiger partial charge < -0.3 is 20.8 Å². The van der Waals surface area contributed by atoms with E-state index in [1.165, 1.54) is 56.6 Å². The Hall–Kier alpha value is -4.13. The van der Waals surface area contributed by atoms with Gasteiger partial charge in [-0.2, -0.15) is 0 Å². The minimum atomic E-state index is -3.74. The summed E-state index contributed by atoms with van der Waals surface area (Å²) in [6.07, 6.45) is 2.68. The van der Waals surface area contributed by atoms with E-state index in [0.717, 1.165) is 10.6 Å². The number of amides is 1. The molecule has 4 N–H and O–H groups in total. The van der Waals surface area contributed by atoms with Gasteiger partial charge in [0.2, 0.25) is 10.0 Å². The van der Waals surface area contributed by atoms with Crippen LogP contribution in [0.4, 0.5) is 14.5 Å². The second-order valence-corrected chi connectivity index (χ2v) is 12.6. The topological polar surface area (TPSA) is 135 Å². The summed E-state index contributed by atoms with van der Waals surface area (Å²) in [7, 11) is -0.859. The number of ketones is 1. The van der Waals surface area contributed by atoms with Crippen LogP contribution in [0.2, 0.25) is 0 Å². The predicted octanol–water partition coefficient (Wildman–Crippen LogP) is 4.59. The number of furan rings is 1. The van der Waals surface area contributed by atoms with Gasteiger partial charge in [0, 0.05) is 42.7 Å². The molecule has 1 aliphatic rings. The summed E-state index contributed by atoms with van der Waals surface area (Å²) < 4.78 is 60.7. The summed E-state index contributed by atoms with van der Waals surface area (Å²) >= 11 is 0. The van der Waals surface area contributed by atoms with Crippen molar-refractivity contribution in [1.29, 1.82) is 0 Å². The second-order valence-electron chi connectivity index (χ2n) is 10.6. The van der Waals surface area contributed by atoms with E-state index in [4.69, 9.17) is 10.2 Å². The first-order valence-corrected chi connectivity index (χ1v) is 15.6. The summed E-state index contributed by atoms with van der Waals surface area (Å²) in [5.41, 5.74) is 8.02. The lowest BCUT2D eigenvalue weighted by molar-refractivity contribution is -0.123. The van der Waals surface area contributed by atoms with Crippen LogP contribution in [0.5, 0.6) is 0 Å². The molecule has 0 aliphatic carbocycles. The second kappa shape index (κ2) is 11.9.